The molecule has 0 radical (unpaired) electrons. The van der Waals surface area contributed by atoms with Gasteiger partial charge in [0.1, 0.15) is 0 Å². The van der Waals surface area contributed by atoms with E-state index in [0.717, 1.165) is 13.2 Å². The Balaban J connectivity index is 2.14. The zero-order valence-electron chi connectivity index (χ0n) is 5.96. The number of hydrazine groups is 1. The maximum absolute atomic E-state index is 3.10. The Bertz CT molecular complexity index is 101. The van der Waals surface area contributed by atoms with Crippen molar-refractivity contribution in [2.75, 3.05) is 27.3 Å². The summed E-state index contributed by atoms with van der Waals surface area (Å²) in [6, 6.07) is 0. The van der Waals surface area contributed by atoms with Crippen molar-refractivity contribution in [3.8, 4) is 0 Å². The lowest BCUT2D eigenvalue weighted by Gasteiger charge is -2.19. The number of hydrogen-bond donors (Lipinski definition) is 1. The molecule has 9 heavy (non-hydrogen) atoms. The lowest BCUT2D eigenvalue weighted by atomic mass is 10.6. The van der Waals surface area contributed by atoms with Crippen molar-refractivity contribution in [1.29, 1.82) is 0 Å². The predicted octanol–water partition coefficient (Wildman–Crippen LogP) is -0.161. The summed E-state index contributed by atoms with van der Waals surface area (Å²) in [5.41, 5.74) is 3.10. The van der Waals surface area contributed by atoms with Crippen LogP contribution in [0.5, 0.6) is 0 Å². The van der Waals surface area contributed by atoms with Gasteiger partial charge in [-0.2, -0.15) is 0 Å². The second kappa shape index (κ2) is 2.85. The lowest BCUT2D eigenvalue weighted by molar-refractivity contribution is 0.167. The zero-order valence-corrected chi connectivity index (χ0v) is 5.96. The van der Waals surface area contributed by atoms with E-state index < -0.39 is 0 Å². The van der Waals surface area contributed by atoms with Crippen molar-refractivity contribution < 1.29 is 0 Å². The fourth-order valence-corrected chi connectivity index (χ4v) is 0.831. The number of hydrogen-bond acceptors (Lipinski definition) is 3. The summed E-state index contributed by atoms with van der Waals surface area (Å²) >= 11 is 0. The summed E-state index contributed by atoms with van der Waals surface area (Å²) in [4.78, 5) is 2.12. The van der Waals surface area contributed by atoms with E-state index in [4.69, 9.17) is 0 Å². The normalized spacial score (nSPS) is 19.0. The first-order chi connectivity index (χ1) is 4.29. The standard InChI is InChI=1S/C6H13N3/c1-8(2)6-9-5-3-4-7-9/h3-4,7H,5-6H2,1-2H3. The maximum atomic E-state index is 3.10. The first-order valence-corrected chi connectivity index (χ1v) is 3.10. The summed E-state index contributed by atoms with van der Waals surface area (Å²) in [5.74, 6) is 0. The molecule has 1 heterocycles. The molecule has 3 nitrogen and oxygen atoms in total. The molecule has 52 valence electrons. The van der Waals surface area contributed by atoms with Crippen LogP contribution in [0, 0.1) is 0 Å². The minimum atomic E-state index is 0.965. The Kier molecular flexibility index (Phi) is 2.08. The molecule has 0 saturated carbocycles. The van der Waals surface area contributed by atoms with Gasteiger partial charge < -0.3 is 5.43 Å². The SMILES string of the molecule is CN(C)CN1CC=CN1. The third-order valence-corrected chi connectivity index (χ3v) is 1.15. The molecular formula is C6H13N3. The van der Waals surface area contributed by atoms with E-state index in [1.54, 1.807) is 0 Å². The number of rotatable bonds is 2. The van der Waals surface area contributed by atoms with Crippen LogP contribution in [0.1, 0.15) is 0 Å². The van der Waals surface area contributed by atoms with Crippen LogP contribution in [-0.4, -0.2) is 37.2 Å². The van der Waals surface area contributed by atoms with E-state index in [1.807, 2.05) is 6.20 Å². The second-order valence-corrected chi connectivity index (χ2v) is 2.47. The van der Waals surface area contributed by atoms with Crippen LogP contribution in [0.3, 0.4) is 0 Å². The Hall–Kier alpha value is -0.540. The smallest absolute Gasteiger partial charge is 0.0692 e. The fourth-order valence-electron chi connectivity index (χ4n) is 0.831. The molecule has 0 aromatic carbocycles. The molecular weight excluding hydrogens is 114 g/mol. The molecule has 1 aliphatic rings. The van der Waals surface area contributed by atoms with Gasteiger partial charge in [-0.25, -0.2) is 5.01 Å². The van der Waals surface area contributed by atoms with Gasteiger partial charge in [0.2, 0.25) is 0 Å². The van der Waals surface area contributed by atoms with Crippen molar-refractivity contribution in [3.63, 3.8) is 0 Å². The molecule has 0 unspecified atom stereocenters. The molecule has 0 amide bonds. The van der Waals surface area contributed by atoms with Crippen molar-refractivity contribution in [2.45, 2.75) is 0 Å². The average molecular weight is 127 g/mol. The molecule has 0 aromatic heterocycles. The Morgan fingerprint density at radius 1 is 1.67 bits per heavy atom. The largest absolute Gasteiger partial charge is 0.325 e. The van der Waals surface area contributed by atoms with E-state index in [1.165, 1.54) is 0 Å². The van der Waals surface area contributed by atoms with Gasteiger partial charge in [-0.15, -0.1) is 0 Å². The van der Waals surface area contributed by atoms with Gasteiger partial charge >= 0.3 is 0 Å². The average Bonchev–Trinajstić information content (AvgIpc) is 2.15. The molecule has 0 fully saturated rings. The predicted molar refractivity (Wildman–Crippen MR) is 37.5 cm³/mol. The van der Waals surface area contributed by atoms with E-state index in [2.05, 4.69) is 35.5 Å². The molecule has 0 saturated heterocycles. The lowest BCUT2D eigenvalue weighted by Crippen LogP contribution is -2.37. The number of nitrogens with one attached hydrogen (secondary N) is 1. The minimum absolute atomic E-state index is 0.965. The molecule has 1 aliphatic heterocycles. The molecule has 0 aliphatic carbocycles. The van der Waals surface area contributed by atoms with Gasteiger partial charge in [-0.3, -0.25) is 4.90 Å². The summed E-state index contributed by atoms with van der Waals surface area (Å²) < 4.78 is 0. The molecule has 0 aromatic rings. The monoisotopic (exact) mass is 127 g/mol. The summed E-state index contributed by atoms with van der Waals surface area (Å²) in [6.07, 6.45) is 4.06. The minimum Gasteiger partial charge on any atom is -0.325 e. The van der Waals surface area contributed by atoms with Gasteiger partial charge in [0.15, 0.2) is 0 Å². The summed E-state index contributed by atoms with van der Waals surface area (Å²) in [6.45, 7) is 1.98. The highest BCUT2D eigenvalue weighted by Crippen LogP contribution is 1.91. The Morgan fingerprint density at radius 3 is 2.89 bits per heavy atom. The molecule has 0 bridgehead atoms. The zero-order chi connectivity index (χ0) is 6.69. The maximum Gasteiger partial charge on any atom is 0.0692 e. The molecule has 0 spiro atoms. The quantitative estimate of drug-likeness (QED) is 0.556. The van der Waals surface area contributed by atoms with E-state index >= 15 is 0 Å². The van der Waals surface area contributed by atoms with E-state index in [-0.39, 0.29) is 0 Å². The molecule has 1 rings (SSSR count). The van der Waals surface area contributed by atoms with Crippen molar-refractivity contribution in [3.05, 3.63) is 12.3 Å². The van der Waals surface area contributed by atoms with Crippen LogP contribution >= 0.6 is 0 Å². The van der Waals surface area contributed by atoms with Crippen LogP contribution in [-0.2, 0) is 0 Å². The Labute approximate surface area is 55.9 Å². The third kappa shape index (κ3) is 2.03. The highest BCUT2D eigenvalue weighted by atomic mass is 15.5. The topological polar surface area (TPSA) is 18.5 Å². The summed E-state index contributed by atoms with van der Waals surface area (Å²) in [7, 11) is 4.11. The van der Waals surface area contributed by atoms with Crippen molar-refractivity contribution >= 4 is 0 Å². The van der Waals surface area contributed by atoms with Gasteiger partial charge in [-0.1, -0.05) is 6.08 Å². The van der Waals surface area contributed by atoms with Gasteiger partial charge in [-0.05, 0) is 14.1 Å². The van der Waals surface area contributed by atoms with Crippen LogP contribution in [0.15, 0.2) is 12.3 Å². The van der Waals surface area contributed by atoms with Crippen LogP contribution in [0.25, 0.3) is 0 Å². The molecule has 0 atom stereocenters. The fraction of sp³-hybridized carbons (Fsp3) is 0.667. The highest BCUT2D eigenvalue weighted by molar-refractivity contribution is 4.87. The van der Waals surface area contributed by atoms with Gasteiger partial charge in [0.25, 0.3) is 0 Å². The number of nitrogens with zero attached hydrogens (tertiary/aromatic N) is 2. The highest BCUT2D eigenvalue weighted by Gasteiger charge is 2.04. The van der Waals surface area contributed by atoms with Crippen LogP contribution < -0.4 is 5.43 Å². The molecule has 3 heteroatoms. The first kappa shape index (κ1) is 6.58. The van der Waals surface area contributed by atoms with Crippen molar-refractivity contribution in [1.82, 2.24) is 15.3 Å². The van der Waals surface area contributed by atoms with Gasteiger partial charge in [0.05, 0.1) is 6.67 Å². The van der Waals surface area contributed by atoms with Gasteiger partial charge in [0, 0.05) is 12.7 Å². The second-order valence-electron chi connectivity index (χ2n) is 2.47. The Morgan fingerprint density at radius 2 is 2.44 bits per heavy atom. The van der Waals surface area contributed by atoms with Crippen LogP contribution in [0.2, 0.25) is 0 Å². The van der Waals surface area contributed by atoms with E-state index in [9.17, 15) is 0 Å². The first-order valence-electron chi connectivity index (χ1n) is 3.10. The van der Waals surface area contributed by atoms with E-state index in [0.29, 0.717) is 0 Å². The third-order valence-electron chi connectivity index (χ3n) is 1.15. The van der Waals surface area contributed by atoms with Crippen molar-refractivity contribution in [2.24, 2.45) is 0 Å². The summed E-state index contributed by atoms with van der Waals surface area (Å²) in [5, 5.41) is 2.12. The van der Waals surface area contributed by atoms with Crippen LogP contribution in [0.4, 0.5) is 0 Å². The molecule has 1 N–H and O–H groups in total.